The smallest absolute Gasteiger partial charge is 0.255 e. The molecule has 2 fully saturated rings. The van der Waals surface area contributed by atoms with Crippen molar-refractivity contribution in [2.75, 3.05) is 26.2 Å². The molecule has 2 heterocycles. The van der Waals surface area contributed by atoms with E-state index in [9.17, 15) is 9.18 Å². The van der Waals surface area contributed by atoms with Crippen LogP contribution in [0.1, 0.15) is 23.2 Å². The minimum Gasteiger partial charge on any atom is -0.339 e. The van der Waals surface area contributed by atoms with Gasteiger partial charge in [0, 0.05) is 17.6 Å². The molecule has 0 bridgehead atoms. The quantitative estimate of drug-likeness (QED) is 0.816. The Bertz CT molecular complexity index is 514. The van der Waals surface area contributed by atoms with Crippen LogP contribution in [-0.4, -0.2) is 37.0 Å². The number of likely N-dealkylation sites (tertiary alicyclic amines) is 1. The van der Waals surface area contributed by atoms with Crippen LogP contribution in [0.4, 0.5) is 4.39 Å². The Morgan fingerprint density at radius 2 is 1.86 bits per heavy atom. The first kappa shape index (κ1) is 16.7. The van der Waals surface area contributed by atoms with Crippen LogP contribution in [0.15, 0.2) is 22.7 Å². The Kier molecular flexibility index (Phi) is 5.63. The molecule has 6 heteroatoms. The van der Waals surface area contributed by atoms with Crippen molar-refractivity contribution in [1.82, 2.24) is 10.2 Å². The molecule has 116 valence electrons. The largest absolute Gasteiger partial charge is 0.339 e. The molecule has 0 saturated carbocycles. The Hall–Kier alpha value is -0.650. The number of halogens is 3. The van der Waals surface area contributed by atoms with E-state index in [-0.39, 0.29) is 24.1 Å². The number of hydrogen-bond acceptors (Lipinski definition) is 2. The Labute approximate surface area is 138 Å². The van der Waals surface area contributed by atoms with Crippen molar-refractivity contribution in [3.63, 3.8) is 0 Å². The van der Waals surface area contributed by atoms with Crippen LogP contribution in [0.2, 0.25) is 0 Å². The SMILES string of the molecule is Cl.O=C(c1ccc(F)cc1Br)N1CC[C@@H]2CNC[C@@H]2CC1. The van der Waals surface area contributed by atoms with E-state index in [2.05, 4.69) is 21.2 Å². The van der Waals surface area contributed by atoms with Crippen molar-refractivity contribution in [2.24, 2.45) is 11.8 Å². The van der Waals surface area contributed by atoms with Crippen LogP contribution in [-0.2, 0) is 0 Å². The van der Waals surface area contributed by atoms with Crippen molar-refractivity contribution in [1.29, 1.82) is 0 Å². The summed E-state index contributed by atoms with van der Waals surface area (Å²) in [6.45, 7) is 3.75. The van der Waals surface area contributed by atoms with E-state index in [0.717, 1.165) is 39.0 Å². The number of carbonyl (C=O) groups is 1. The summed E-state index contributed by atoms with van der Waals surface area (Å²) < 4.78 is 13.6. The first-order valence-corrected chi connectivity index (χ1v) is 7.89. The number of rotatable bonds is 1. The number of nitrogens with zero attached hydrogens (tertiary/aromatic N) is 1. The third-order valence-corrected chi connectivity index (χ3v) is 5.12. The van der Waals surface area contributed by atoms with Gasteiger partial charge in [0.2, 0.25) is 0 Å². The van der Waals surface area contributed by atoms with Gasteiger partial charge in [0.1, 0.15) is 5.82 Å². The summed E-state index contributed by atoms with van der Waals surface area (Å²) in [7, 11) is 0. The second kappa shape index (κ2) is 7.07. The molecular formula is C15H19BrClFN2O. The Morgan fingerprint density at radius 1 is 1.24 bits per heavy atom. The zero-order chi connectivity index (χ0) is 14.1. The van der Waals surface area contributed by atoms with Gasteiger partial charge in [-0.2, -0.15) is 0 Å². The second-order valence-electron chi connectivity index (χ2n) is 5.67. The summed E-state index contributed by atoms with van der Waals surface area (Å²) in [5.74, 6) is 1.07. The molecule has 2 aliphatic heterocycles. The van der Waals surface area contributed by atoms with Gasteiger partial charge in [0.15, 0.2) is 0 Å². The maximum atomic E-state index is 13.1. The van der Waals surface area contributed by atoms with Crippen LogP contribution < -0.4 is 5.32 Å². The van der Waals surface area contributed by atoms with E-state index in [1.54, 1.807) is 6.07 Å². The predicted molar refractivity (Wildman–Crippen MR) is 86.3 cm³/mol. The highest BCUT2D eigenvalue weighted by molar-refractivity contribution is 9.10. The molecule has 3 nitrogen and oxygen atoms in total. The minimum atomic E-state index is -0.329. The van der Waals surface area contributed by atoms with E-state index in [1.165, 1.54) is 12.1 Å². The number of fused-ring (bicyclic) bond motifs is 1. The molecule has 2 aliphatic rings. The number of nitrogens with one attached hydrogen (secondary N) is 1. The lowest BCUT2D eigenvalue weighted by Crippen LogP contribution is -2.33. The van der Waals surface area contributed by atoms with Crippen LogP contribution >= 0.6 is 28.3 Å². The van der Waals surface area contributed by atoms with Gasteiger partial charge in [-0.1, -0.05) is 0 Å². The molecule has 3 rings (SSSR count). The summed E-state index contributed by atoms with van der Waals surface area (Å²) in [5.41, 5.74) is 0.552. The molecule has 0 spiro atoms. The van der Waals surface area contributed by atoms with Gasteiger partial charge in [0.05, 0.1) is 5.56 Å². The lowest BCUT2D eigenvalue weighted by atomic mass is 9.92. The molecule has 1 aromatic rings. The van der Waals surface area contributed by atoms with Crippen LogP contribution in [0.5, 0.6) is 0 Å². The van der Waals surface area contributed by atoms with Crippen LogP contribution in [0.25, 0.3) is 0 Å². The first-order valence-electron chi connectivity index (χ1n) is 7.10. The van der Waals surface area contributed by atoms with Gasteiger partial charge in [-0.3, -0.25) is 4.79 Å². The normalized spacial score (nSPS) is 25.0. The topological polar surface area (TPSA) is 32.3 Å². The van der Waals surface area contributed by atoms with Crippen LogP contribution in [0, 0.1) is 17.7 Å². The zero-order valence-corrected chi connectivity index (χ0v) is 14.1. The summed E-state index contributed by atoms with van der Waals surface area (Å²) in [4.78, 5) is 14.5. The second-order valence-corrected chi connectivity index (χ2v) is 6.53. The number of carbonyl (C=O) groups excluding carboxylic acids is 1. The van der Waals surface area contributed by atoms with Crippen molar-refractivity contribution in [3.05, 3.63) is 34.1 Å². The van der Waals surface area contributed by atoms with Crippen molar-refractivity contribution in [2.45, 2.75) is 12.8 Å². The average Bonchev–Trinajstić information content (AvgIpc) is 2.77. The molecule has 21 heavy (non-hydrogen) atoms. The zero-order valence-electron chi connectivity index (χ0n) is 11.6. The molecule has 0 aliphatic carbocycles. The van der Waals surface area contributed by atoms with Crippen molar-refractivity contribution >= 4 is 34.2 Å². The number of benzene rings is 1. The molecule has 1 amide bonds. The molecule has 0 radical (unpaired) electrons. The molecule has 2 saturated heterocycles. The highest BCUT2D eigenvalue weighted by Crippen LogP contribution is 2.28. The van der Waals surface area contributed by atoms with E-state index in [0.29, 0.717) is 21.9 Å². The van der Waals surface area contributed by atoms with Gasteiger partial charge in [-0.15, -0.1) is 12.4 Å². The fourth-order valence-electron chi connectivity index (χ4n) is 3.25. The third kappa shape index (κ3) is 3.58. The first-order chi connectivity index (χ1) is 9.65. The maximum Gasteiger partial charge on any atom is 0.255 e. The summed E-state index contributed by atoms with van der Waals surface area (Å²) in [5, 5.41) is 3.43. The molecule has 1 N–H and O–H groups in total. The van der Waals surface area contributed by atoms with Crippen LogP contribution in [0.3, 0.4) is 0 Å². The third-order valence-electron chi connectivity index (χ3n) is 4.47. The molecular weight excluding hydrogens is 359 g/mol. The summed E-state index contributed by atoms with van der Waals surface area (Å²) >= 11 is 3.28. The van der Waals surface area contributed by atoms with E-state index < -0.39 is 0 Å². The molecule has 1 aromatic carbocycles. The van der Waals surface area contributed by atoms with Gasteiger partial charge >= 0.3 is 0 Å². The Balaban J connectivity index is 0.00000161. The van der Waals surface area contributed by atoms with Gasteiger partial charge < -0.3 is 10.2 Å². The van der Waals surface area contributed by atoms with Crippen molar-refractivity contribution < 1.29 is 9.18 Å². The summed E-state index contributed by atoms with van der Waals surface area (Å²) in [6.07, 6.45) is 2.12. The van der Waals surface area contributed by atoms with Gasteiger partial charge in [0.25, 0.3) is 5.91 Å². The fraction of sp³-hybridized carbons (Fsp3) is 0.533. The predicted octanol–water partition coefficient (Wildman–Crippen LogP) is 3.08. The standard InChI is InChI=1S/C15H18BrFN2O.ClH/c16-14-7-12(17)1-2-13(14)15(20)19-5-3-10-8-18-9-11(10)4-6-19;/h1-2,7,10-11,18H,3-6,8-9H2;1H/t10-,11+;. The number of amides is 1. The lowest BCUT2D eigenvalue weighted by molar-refractivity contribution is 0.0757. The molecule has 0 aromatic heterocycles. The highest BCUT2D eigenvalue weighted by atomic mass is 79.9. The van der Waals surface area contributed by atoms with Crippen molar-refractivity contribution in [3.8, 4) is 0 Å². The Morgan fingerprint density at radius 3 is 2.43 bits per heavy atom. The minimum absolute atomic E-state index is 0. The maximum absolute atomic E-state index is 13.1. The fourth-order valence-corrected chi connectivity index (χ4v) is 3.77. The number of hydrogen-bond donors (Lipinski definition) is 1. The van der Waals surface area contributed by atoms with E-state index >= 15 is 0 Å². The average molecular weight is 378 g/mol. The summed E-state index contributed by atoms with van der Waals surface area (Å²) in [6, 6.07) is 4.26. The highest BCUT2D eigenvalue weighted by Gasteiger charge is 2.31. The monoisotopic (exact) mass is 376 g/mol. The molecule has 0 unspecified atom stereocenters. The molecule has 2 atom stereocenters. The van der Waals surface area contributed by atoms with E-state index in [1.807, 2.05) is 4.90 Å². The van der Waals surface area contributed by atoms with E-state index in [4.69, 9.17) is 0 Å². The van der Waals surface area contributed by atoms with Gasteiger partial charge in [-0.05, 0) is 71.9 Å². The van der Waals surface area contributed by atoms with Gasteiger partial charge in [-0.25, -0.2) is 4.39 Å². The lowest BCUT2D eigenvalue weighted by Gasteiger charge is -2.21.